The molecule has 23 heavy (non-hydrogen) atoms. The fraction of sp³-hybridized carbons (Fsp3) is 0.462. The normalized spacial score (nSPS) is 11.3. The molecule has 10 nitrogen and oxygen atoms in total. The number of carboxylic acid groups (broad SMARTS) is 1. The van der Waals surface area contributed by atoms with Gasteiger partial charge in [0.05, 0.1) is 15.4 Å². The molecule has 0 amide bonds. The molecule has 126 valence electrons. The summed E-state index contributed by atoms with van der Waals surface area (Å²) in [6.07, 6.45) is 0.844. The van der Waals surface area contributed by atoms with Crippen molar-refractivity contribution in [2.24, 2.45) is 0 Å². The van der Waals surface area contributed by atoms with Gasteiger partial charge in [0.25, 0.3) is 0 Å². The number of quaternary nitrogens is 1. The van der Waals surface area contributed by atoms with Crippen molar-refractivity contribution in [1.82, 2.24) is 4.65 Å². The molecule has 0 fully saturated rings. The van der Waals surface area contributed by atoms with Gasteiger partial charge in [-0.25, -0.2) is 10.0 Å². The third-order valence-electron chi connectivity index (χ3n) is 3.31. The van der Waals surface area contributed by atoms with Crippen molar-refractivity contribution in [3.63, 3.8) is 0 Å². The molecule has 0 atom stereocenters. The van der Waals surface area contributed by atoms with Crippen LogP contribution in [-0.4, -0.2) is 39.2 Å². The highest BCUT2D eigenvalue weighted by Crippen LogP contribution is 2.42. The van der Waals surface area contributed by atoms with Crippen LogP contribution in [0, 0.1) is 20.2 Å². The maximum atomic E-state index is 11.3. The zero-order chi connectivity index (χ0) is 17.8. The van der Waals surface area contributed by atoms with Gasteiger partial charge in [0, 0.05) is 12.1 Å². The van der Waals surface area contributed by atoms with Gasteiger partial charge in [-0.15, -0.1) is 4.65 Å². The summed E-state index contributed by atoms with van der Waals surface area (Å²) in [7, 11) is 0. The highest BCUT2D eigenvalue weighted by Gasteiger charge is 2.44. The second kappa shape index (κ2) is 7.11. The minimum atomic E-state index is -1.52. The number of rotatable bonds is 8. The third-order valence-corrected chi connectivity index (χ3v) is 3.31. The highest BCUT2D eigenvalue weighted by atomic mass is 16.6. The Morgan fingerprint density at radius 1 is 1.09 bits per heavy atom. The Kier molecular flexibility index (Phi) is 5.71. The van der Waals surface area contributed by atoms with Crippen LogP contribution in [0.5, 0.6) is 0 Å². The highest BCUT2D eigenvalue weighted by molar-refractivity contribution is 5.92. The number of nitrogens with zero attached hydrogens (tertiary/aromatic N) is 3. The van der Waals surface area contributed by atoms with E-state index in [4.69, 9.17) is 5.11 Å². The van der Waals surface area contributed by atoms with Crippen LogP contribution >= 0.6 is 0 Å². The molecular weight excluding hydrogens is 310 g/mol. The van der Waals surface area contributed by atoms with E-state index in [1.54, 1.807) is 13.8 Å². The van der Waals surface area contributed by atoms with Crippen molar-refractivity contribution >= 4 is 23.0 Å². The molecule has 0 aliphatic heterocycles. The van der Waals surface area contributed by atoms with Crippen LogP contribution in [0.15, 0.2) is 12.1 Å². The predicted octanol–water partition coefficient (Wildman–Crippen LogP) is 2.72. The molecule has 1 rings (SSSR count). The van der Waals surface area contributed by atoms with Crippen LogP contribution in [0.4, 0.5) is 17.1 Å². The first-order valence-electron chi connectivity index (χ1n) is 6.98. The Morgan fingerprint density at radius 3 is 1.74 bits per heavy atom. The number of nitro benzene ring substituents is 2. The van der Waals surface area contributed by atoms with Crippen molar-refractivity contribution in [3.05, 3.63) is 37.9 Å². The van der Waals surface area contributed by atoms with Crippen LogP contribution < -0.4 is 4.65 Å². The quantitative estimate of drug-likeness (QED) is 0.424. The molecular formula is C13H18N3O7+. The summed E-state index contributed by atoms with van der Waals surface area (Å²) in [5.41, 5.74) is -2.62. The van der Waals surface area contributed by atoms with Gasteiger partial charge in [0.1, 0.15) is 13.1 Å². The third kappa shape index (κ3) is 3.79. The van der Waals surface area contributed by atoms with Gasteiger partial charge < -0.3 is 5.11 Å². The zero-order valence-electron chi connectivity index (χ0n) is 12.8. The first-order chi connectivity index (χ1) is 10.7. The van der Waals surface area contributed by atoms with Crippen LogP contribution in [0.1, 0.15) is 37.0 Å². The molecule has 0 radical (unpaired) electrons. The van der Waals surface area contributed by atoms with Gasteiger partial charge in [-0.2, -0.15) is 0 Å². The summed E-state index contributed by atoms with van der Waals surface area (Å²) in [5, 5.41) is 42.3. The van der Waals surface area contributed by atoms with E-state index in [1.165, 1.54) is 0 Å². The second-order valence-corrected chi connectivity index (χ2v) is 5.05. The SMILES string of the molecule is CCC[N+](O)(CCC)c1c([N+](=O)[O-])cc(C(=O)O)cc1[N+](=O)[O-]. The minimum absolute atomic E-state index is 0.0297. The lowest BCUT2D eigenvalue weighted by atomic mass is 10.1. The maximum Gasteiger partial charge on any atom is 0.340 e. The number of carbonyl (C=O) groups is 1. The Balaban J connectivity index is 3.82. The van der Waals surface area contributed by atoms with E-state index < -0.39 is 43.1 Å². The van der Waals surface area contributed by atoms with Gasteiger partial charge >= 0.3 is 23.0 Å². The predicted molar refractivity (Wildman–Crippen MR) is 80.6 cm³/mol. The van der Waals surface area contributed by atoms with Gasteiger partial charge in [-0.05, 0) is 12.8 Å². The molecule has 0 heterocycles. The molecule has 0 aliphatic carbocycles. The zero-order valence-corrected chi connectivity index (χ0v) is 12.8. The molecule has 1 aromatic rings. The molecule has 1 aromatic carbocycles. The maximum absolute atomic E-state index is 11.3. The largest absolute Gasteiger partial charge is 0.478 e. The summed E-state index contributed by atoms with van der Waals surface area (Å²) in [5.74, 6) is -1.52. The van der Waals surface area contributed by atoms with E-state index in [-0.39, 0.29) is 13.1 Å². The van der Waals surface area contributed by atoms with E-state index >= 15 is 0 Å². The lowest BCUT2D eigenvalue weighted by Gasteiger charge is -2.28. The number of hydrogen-bond donors (Lipinski definition) is 2. The number of nitro groups is 2. The fourth-order valence-corrected chi connectivity index (χ4v) is 2.51. The van der Waals surface area contributed by atoms with Crippen LogP contribution in [0.3, 0.4) is 0 Å². The standard InChI is InChI=1S/C13H17N3O7/c1-3-5-16(23,6-4-2)12-10(14(19)20)7-9(13(17)18)8-11(12)15(21)22/h7-8,23H,3-6H2,1-2H3/p+1. The second-order valence-electron chi connectivity index (χ2n) is 5.05. The number of aromatic carboxylic acids is 1. The number of carboxylic acids is 1. The molecule has 10 heteroatoms. The van der Waals surface area contributed by atoms with Gasteiger partial charge in [-0.3, -0.25) is 20.2 Å². The Morgan fingerprint density at radius 2 is 1.48 bits per heavy atom. The summed E-state index contributed by atoms with van der Waals surface area (Å²) in [6, 6.07) is 1.47. The van der Waals surface area contributed by atoms with E-state index in [0.29, 0.717) is 12.8 Å². The smallest absolute Gasteiger partial charge is 0.340 e. The average Bonchev–Trinajstić information content (AvgIpc) is 2.46. The molecule has 0 unspecified atom stereocenters. The van der Waals surface area contributed by atoms with Crippen molar-refractivity contribution in [1.29, 1.82) is 0 Å². The molecule has 2 N–H and O–H groups in total. The Hall–Kier alpha value is -2.59. The van der Waals surface area contributed by atoms with Gasteiger partial charge in [-0.1, -0.05) is 13.8 Å². The molecule has 0 saturated carbocycles. The Labute approximate surface area is 131 Å². The number of hydroxylamine groups is 2. The molecule has 0 aliphatic rings. The summed E-state index contributed by atoms with van der Waals surface area (Å²) in [4.78, 5) is 31.8. The monoisotopic (exact) mass is 328 g/mol. The topological polar surface area (TPSA) is 144 Å². The first kappa shape index (κ1) is 18.5. The summed E-state index contributed by atoms with van der Waals surface area (Å²) in [6.45, 7) is 3.51. The molecule has 0 saturated heterocycles. The lowest BCUT2D eigenvalue weighted by molar-refractivity contribution is -0.395. The van der Waals surface area contributed by atoms with Crippen LogP contribution in [0.2, 0.25) is 0 Å². The number of benzene rings is 1. The molecule has 0 bridgehead atoms. The lowest BCUT2D eigenvalue weighted by Crippen LogP contribution is -2.48. The van der Waals surface area contributed by atoms with Crippen LogP contribution in [0.25, 0.3) is 0 Å². The van der Waals surface area contributed by atoms with Crippen molar-refractivity contribution in [2.75, 3.05) is 13.1 Å². The van der Waals surface area contributed by atoms with Crippen molar-refractivity contribution < 1.29 is 25.0 Å². The van der Waals surface area contributed by atoms with E-state index in [1.807, 2.05) is 0 Å². The molecule has 0 aromatic heterocycles. The van der Waals surface area contributed by atoms with Crippen molar-refractivity contribution in [3.8, 4) is 0 Å². The van der Waals surface area contributed by atoms with Crippen LogP contribution in [-0.2, 0) is 0 Å². The average molecular weight is 328 g/mol. The Bertz CT molecular complexity index is 603. The van der Waals surface area contributed by atoms with Gasteiger partial charge in [0.2, 0.25) is 0 Å². The fourth-order valence-electron chi connectivity index (χ4n) is 2.51. The summed E-state index contributed by atoms with van der Waals surface area (Å²) >= 11 is 0. The number of hydrogen-bond acceptors (Lipinski definition) is 6. The molecule has 0 spiro atoms. The van der Waals surface area contributed by atoms with E-state index in [9.17, 15) is 30.2 Å². The summed E-state index contributed by atoms with van der Waals surface area (Å²) < 4.78 is -0.987. The first-order valence-corrected chi connectivity index (χ1v) is 6.98. The minimum Gasteiger partial charge on any atom is -0.478 e. The van der Waals surface area contributed by atoms with E-state index in [0.717, 1.165) is 12.1 Å². The van der Waals surface area contributed by atoms with E-state index in [2.05, 4.69) is 0 Å². The van der Waals surface area contributed by atoms with Crippen molar-refractivity contribution in [2.45, 2.75) is 26.7 Å². The van der Waals surface area contributed by atoms with Gasteiger partial charge in [0.15, 0.2) is 0 Å².